The molecule has 110 valence electrons. The first kappa shape index (κ1) is 15.2. The van der Waals surface area contributed by atoms with Crippen molar-refractivity contribution >= 4 is 21.4 Å². The molecule has 1 N–H and O–H groups in total. The number of nitrogens with zero attached hydrogens (tertiary/aromatic N) is 2. The van der Waals surface area contributed by atoms with E-state index < -0.39 is 10.0 Å². The van der Waals surface area contributed by atoms with E-state index in [1.807, 2.05) is 34.7 Å². The van der Waals surface area contributed by atoms with E-state index >= 15 is 0 Å². The smallest absolute Gasteiger partial charge is 0.242 e. The van der Waals surface area contributed by atoms with E-state index in [9.17, 15) is 8.42 Å². The van der Waals surface area contributed by atoms with Crippen LogP contribution in [0.5, 0.6) is 0 Å². The molecule has 2 heterocycles. The Bertz CT molecular complexity index is 729. The second-order valence-electron chi connectivity index (χ2n) is 4.93. The first-order valence-corrected chi connectivity index (χ1v) is 8.60. The quantitative estimate of drug-likeness (QED) is 0.943. The third-order valence-corrected chi connectivity index (χ3v) is 6.12. The SMILES string of the molecule is Cc1cc(S(=O)(=O)NC(C)c2cnn(C)c2C)c(C)s1. The van der Waals surface area contributed by atoms with Crippen molar-refractivity contribution in [3.05, 3.63) is 33.3 Å². The van der Waals surface area contributed by atoms with Crippen LogP contribution in [0.15, 0.2) is 17.2 Å². The second-order valence-corrected chi connectivity index (χ2v) is 8.07. The number of thiophene rings is 1. The van der Waals surface area contributed by atoms with Crippen LogP contribution in [0.1, 0.15) is 34.0 Å². The Hall–Kier alpha value is -1.18. The zero-order valence-corrected chi connectivity index (χ0v) is 13.9. The molecule has 1 atom stereocenters. The van der Waals surface area contributed by atoms with Crippen LogP contribution in [0, 0.1) is 20.8 Å². The summed E-state index contributed by atoms with van der Waals surface area (Å²) in [5.74, 6) is 0. The summed E-state index contributed by atoms with van der Waals surface area (Å²) in [6.45, 7) is 7.49. The highest BCUT2D eigenvalue weighted by atomic mass is 32.2. The van der Waals surface area contributed by atoms with Crippen LogP contribution in [-0.2, 0) is 17.1 Å². The average molecular weight is 313 g/mol. The molecule has 0 fully saturated rings. The van der Waals surface area contributed by atoms with Crippen molar-refractivity contribution in [2.45, 2.75) is 38.6 Å². The molecule has 0 radical (unpaired) electrons. The fourth-order valence-corrected chi connectivity index (χ4v) is 4.95. The Morgan fingerprint density at radius 1 is 1.35 bits per heavy atom. The molecule has 1 unspecified atom stereocenters. The van der Waals surface area contributed by atoms with E-state index in [1.165, 1.54) is 11.3 Å². The summed E-state index contributed by atoms with van der Waals surface area (Å²) in [5.41, 5.74) is 1.85. The fraction of sp³-hybridized carbons (Fsp3) is 0.462. The topological polar surface area (TPSA) is 64.0 Å². The largest absolute Gasteiger partial charge is 0.273 e. The first-order valence-electron chi connectivity index (χ1n) is 6.30. The van der Waals surface area contributed by atoms with Gasteiger partial charge in [-0.3, -0.25) is 4.68 Å². The summed E-state index contributed by atoms with van der Waals surface area (Å²) in [7, 11) is -1.66. The molecule has 0 saturated carbocycles. The van der Waals surface area contributed by atoms with Gasteiger partial charge >= 0.3 is 0 Å². The molecule has 5 nitrogen and oxygen atoms in total. The summed E-state index contributed by atoms with van der Waals surface area (Å²) in [5, 5.41) is 4.15. The normalized spacial score (nSPS) is 13.7. The van der Waals surface area contributed by atoms with Crippen LogP contribution in [0.3, 0.4) is 0 Å². The van der Waals surface area contributed by atoms with Crippen molar-refractivity contribution in [1.82, 2.24) is 14.5 Å². The number of aryl methyl sites for hydroxylation is 3. The van der Waals surface area contributed by atoms with E-state index in [2.05, 4.69) is 9.82 Å². The van der Waals surface area contributed by atoms with Gasteiger partial charge in [-0.05, 0) is 33.8 Å². The molecule has 7 heteroatoms. The molecule has 0 spiro atoms. The minimum Gasteiger partial charge on any atom is -0.273 e. The Morgan fingerprint density at radius 2 is 2.00 bits per heavy atom. The number of hydrogen-bond acceptors (Lipinski definition) is 4. The number of rotatable bonds is 4. The summed E-state index contributed by atoms with van der Waals surface area (Å²) in [6, 6.07) is 1.40. The summed E-state index contributed by atoms with van der Waals surface area (Å²) in [6.07, 6.45) is 1.70. The Balaban J connectivity index is 2.29. The van der Waals surface area contributed by atoms with Gasteiger partial charge in [0.2, 0.25) is 10.0 Å². The lowest BCUT2D eigenvalue weighted by molar-refractivity contribution is 0.566. The molecule has 0 aliphatic heterocycles. The third-order valence-electron chi connectivity index (χ3n) is 3.36. The van der Waals surface area contributed by atoms with E-state index in [0.717, 1.165) is 21.0 Å². The van der Waals surface area contributed by atoms with Crippen molar-refractivity contribution in [3.63, 3.8) is 0 Å². The van der Waals surface area contributed by atoms with E-state index in [1.54, 1.807) is 16.9 Å². The molecule has 0 aliphatic carbocycles. The van der Waals surface area contributed by atoms with Crippen LogP contribution in [0.25, 0.3) is 0 Å². The van der Waals surface area contributed by atoms with Gasteiger partial charge in [0.15, 0.2) is 0 Å². The van der Waals surface area contributed by atoms with Gasteiger partial charge in [-0.25, -0.2) is 13.1 Å². The van der Waals surface area contributed by atoms with Crippen LogP contribution in [0.4, 0.5) is 0 Å². The predicted octanol–water partition coefficient (Wildman–Crippen LogP) is 2.45. The molecule has 0 amide bonds. The van der Waals surface area contributed by atoms with Gasteiger partial charge in [0.1, 0.15) is 0 Å². The standard InChI is InChI=1S/C13H19N3O2S2/c1-8-6-13(11(4)19-8)20(17,18)15-9(2)12-7-14-16(5)10(12)3/h6-7,9,15H,1-5H3. The number of aromatic nitrogens is 2. The maximum absolute atomic E-state index is 12.4. The van der Waals surface area contributed by atoms with E-state index in [0.29, 0.717) is 4.90 Å². The van der Waals surface area contributed by atoms with Crippen molar-refractivity contribution in [2.24, 2.45) is 7.05 Å². The second kappa shape index (κ2) is 5.31. The van der Waals surface area contributed by atoms with Gasteiger partial charge in [-0.1, -0.05) is 0 Å². The van der Waals surface area contributed by atoms with Gasteiger partial charge in [0.25, 0.3) is 0 Å². The molecule has 2 rings (SSSR count). The van der Waals surface area contributed by atoms with Crippen LogP contribution in [-0.4, -0.2) is 18.2 Å². The highest BCUT2D eigenvalue weighted by Crippen LogP contribution is 2.26. The lowest BCUT2D eigenvalue weighted by Crippen LogP contribution is -2.27. The monoisotopic (exact) mass is 313 g/mol. The average Bonchev–Trinajstić information content (AvgIpc) is 2.83. The van der Waals surface area contributed by atoms with Gasteiger partial charge < -0.3 is 0 Å². The lowest BCUT2D eigenvalue weighted by Gasteiger charge is -2.14. The zero-order chi connectivity index (χ0) is 15.1. The molecule has 0 saturated heterocycles. The maximum Gasteiger partial charge on any atom is 0.242 e. The van der Waals surface area contributed by atoms with Crippen LogP contribution < -0.4 is 4.72 Å². The van der Waals surface area contributed by atoms with Gasteiger partial charge in [0, 0.05) is 34.1 Å². The van der Waals surface area contributed by atoms with Crippen molar-refractivity contribution in [2.75, 3.05) is 0 Å². The number of hydrogen-bond donors (Lipinski definition) is 1. The summed E-state index contributed by atoms with van der Waals surface area (Å²) in [4.78, 5) is 2.17. The number of nitrogens with one attached hydrogen (secondary N) is 1. The van der Waals surface area contributed by atoms with Crippen LogP contribution >= 0.6 is 11.3 Å². The fourth-order valence-electron chi connectivity index (χ4n) is 2.17. The van der Waals surface area contributed by atoms with Gasteiger partial charge in [-0.15, -0.1) is 11.3 Å². The predicted molar refractivity (Wildman–Crippen MR) is 80.5 cm³/mol. The van der Waals surface area contributed by atoms with E-state index in [-0.39, 0.29) is 6.04 Å². The Labute approximate surface area is 123 Å². The maximum atomic E-state index is 12.4. The van der Waals surface area contributed by atoms with Crippen molar-refractivity contribution < 1.29 is 8.42 Å². The van der Waals surface area contributed by atoms with E-state index in [4.69, 9.17) is 0 Å². The van der Waals surface area contributed by atoms with Crippen molar-refractivity contribution in [3.8, 4) is 0 Å². The molecule has 20 heavy (non-hydrogen) atoms. The molecular formula is C13H19N3O2S2. The molecule has 0 bridgehead atoms. The lowest BCUT2D eigenvalue weighted by atomic mass is 10.1. The van der Waals surface area contributed by atoms with Crippen molar-refractivity contribution in [1.29, 1.82) is 0 Å². The summed E-state index contributed by atoms with van der Waals surface area (Å²) < 4.78 is 29.3. The van der Waals surface area contributed by atoms with Gasteiger partial charge in [0.05, 0.1) is 11.1 Å². The highest BCUT2D eigenvalue weighted by Gasteiger charge is 2.23. The molecule has 2 aromatic rings. The minimum atomic E-state index is -3.50. The molecular weight excluding hydrogens is 294 g/mol. The molecule has 2 aromatic heterocycles. The third kappa shape index (κ3) is 2.79. The molecule has 0 aromatic carbocycles. The summed E-state index contributed by atoms with van der Waals surface area (Å²) >= 11 is 1.49. The zero-order valence-electron chi connectivity index (χ0n) is 12.3. The Kier molecular flexibility index (Phi) is 4.04. The minimum absolute atomic E-state index is 0.312. The Morgan fingerprint density at radius 3 is 2.45 bits per heavy atom. The van der Waals surface area contributed by atoms with Gasteiger partial charge in [-0.2, -0.15) is 5.10 Å². The highest BCUT2D eigenvalue weighted by molar-refractivity contribution is 7.89. The molecule has 0 aliphatic rings. The van der Waals surface area contributed by atoms with Crippen LogP contribution in [0.2, 0.25) is 0 Å². The number of sulfonamides is 1. The first-order chi connectivity index (χ1) is 9.22.